The first-order valence-corrected chi connectivity index (χ1v) is 5.01. The topological polar surface area (TPSA) is 23.8 Å². The maximum absolute atomic E-state index is 8.55. The summed E-state index contributed by atoms with van der Waals surface area (Å²) in [5.74, 6) is 0. The molecule has 1 aromatic rings. The summed E-state index contributed by atoms with van der Waals surface area (Å²) in [6.07, 6.45) is 2.55. The lowest BCUT2D eigenvalue weighted by atomic mass is 10.1. The Labute approximate surface area is 77.4 Å². The second-order valence-electron chi connectivity index (χ2n) is 2.65. The van der Waals surface area contributed by atoms with Crippen molar-refractivity contribution in [2.45, 2.75) is 18.2 Å². The standard InChI is InChI=1S/C10H11NS/c1-8-3-4-9(5-6-11)10(7-8)12-2/h3-4,7H,5H2,1-2H3. The van der Waals surface area contributed by atoms with Gasteiger partial charge in [-0.05, 0) is 30.4 Å². The lowest BCUT2D eigenvalue weighted by molar-refractivity contribution is 1.17. The summed E-state index contributed by atoms with van der Waals surface area (Å²) in [5, 5.41) is 8.55. The monoisotopic (exact) mass is 177 g/mol. The molecule has 0 radical (unpaired) electrons. The molecule has 0 aliphatic heterocycles. The van der Waals surface area contributed by atoms with Crippen LogP contribution in [0.3, 0.4) is 0 Å². The third-order valence-electron chi connectivity index (χ3n) is 1.71. The Morgan fingerprint density at radius 1 is 1.50 bits per heavy atom. The van der Waals surface area contributed by atoms with Crippen molar-refractivity contribution in [3.05, 3.63) is 29.3 Å². The summed E-state index contributed by atoms with van der Waals surface area (Å²) < 4.78 is 0. The van der Waals surface area contributed by atoms with Crippen molar-refractivity contribution in [2.24, 2.45) is 0 Å². The Hall–Kier alpha value is -0.940. The van der Waals surface area contributed by atoms with Crippen LogP contribution in [-0.4, -0.2) is 6.26 Å². The van der Waals surface area contributed by atoms with Gasteiger partial charge in [0.1, 0.15) is 0 Å². The smallest absolute Gasteiger partial charge is 0.0670 e. The molecule has 62 valence electrons. The van der Waals surface area contributed by atoms with Crippen molar-refractivity contribution in [1.29, 1.82) is 5.26 Å². The molecule has 2 heteroatoms. The number of hydrogen-bond donors (Lipinski definition) is 0. The number of aryl methyl sites for hydroxylation is 1. The molecule has 0 aliphatic carbocycles. The zero-order valence-electron chi connectivity index (χ0n) is 7.29. The lowest BCUT2D eigenvalue weighted by Crippen LogP contribution is -1.86. The highest BCUT2D eigenvalue weighted by Crippen LogP contribution is 2.21. The SMILES string of the molecule is CSc1cc(C)ccc1CC#N. The van der Waals surface area contributed by atoms with Crippen molar-refractivity contribution in [3.63, 3.8) is 0 Å². The zero-order chi connectivity index (χ0) is 8.97. The Bertz CT molecular complexity index is 312. The Morgan fingerprint density at radius 2 is 2.25 bits per heavy atom. The molecular formula is C10H11NS. The summed E-state index contributed by atoms with van der Waals surface area (Å²) >= 11 is 1.70. The van der Waals surface area contributed by atoms with Gasteiger partial charge in [0, 0.05) is 4.90 Å². The van der Waals surface area contributed by atoms with E-state index in [2.05, 4.69) is 19.1 Å². The van der Waals surface area contributed by atoms with E-state index < -0.39 is 0 Å². The van der Waals surface area contributed by atoms with Gasteiger partial charge in [-0.1, -0.05) is 12.1 Å². The molecule has 0 bridgehead atoms. The van der Waals surface area contributed by atoms with Crippen LogP contribution in [0.1, 0.15) is 11.1 Å². The molecular weight excluding hydrogens is 166 g/mol. The van der Waals surface area contributed by atoms with Gasteiger partial charge in [-0.15, -0.1) is 11.8 Å². The second-order valence-corrected chi connectivity index (χ2v) is 3.50. The van der Waals surface area contributed by atoms with Crippen molar-refractivity contribution in [2.75, 3.05) is 6.26 Å². The summed E-state index contributed by atoms with van der Waals surface area (Å²) in [5.41, 5.74) is 2.39. The summed E-state index contributed by atoms with van der Waals surface area (Å²) in [6, 6.07) is 8.37. The van der Waals surface area contributed by atoms with E-state index in [-0.39, 0.29) is 0 Å². The third-order valence-corrected chi connectivity index (χ3v) is 2.53. The van der Waals surface area contributed by atoms with Gasteiger partial charge in [0.25, 0.3) is 0 Å². The Balaban J connectivity index is 3.04. The van der Waals surface area contributed by atoms with Gasteiger partial charge in [-0.25, -0.2) is 0 Å². The van der Waals surface area contributed by atoms with E-state index >= 15 is 0 Å². The van der Waals surface area contributed by atoms with E-state index in [1.54, 1.807) is 11.8 Å². The first kappa shape index (κ1) is 9.15. The van der Waals surface area contributed by atoms with Crippen molar-refractivity contribution >= 4 is 11.8 Å². The molecule has 0 fully saturated rings. The number of thioether (sulfide) groups is 1. The van der Waals surface area contributed by atoms with E-state index in [1.807, 2.05) is 18.4 Å². The van der Waals surface area contributed by atoms with Gasteiger partial charge in [-0.3, -0.25) is 0 Å². The van der Waals surface area contributed by atoms with Crippen LogP contribution in [-0.2, 0) is 6.42 Å². The van der Waals surface area contributed by atoms with Crippen LogP contribution >= 0.6 is 11.8 Å². The van der Waals surface area contributed by atoms with Crippen LogP contribution in [0.5, 0.6) is 0 Å². The fourth-order valence-corrected chi connectivity index (χ4v) is 1.79. The first-order valence-electron chi connectivity index (χ1n) is 3.78. The molecule has 0 spiro atoms. The molecule has 0 heterocycles. The van der Waals surface area contributed by atoms with E-state index in [4.69, 9.17) is 5.26 Å². The summed E-state index contributed by atoms with van der Waals surface area (Å²) in [4.78, 5) is 1.22. The van der Waals surface area contributed by atoms with Crippen molar-refractivity contribution < 1.29 is 0 Å². The quantitative estimate of drug-likeness (QED) is 0.648. The molecule has 0 amide bonds. The summed E-state index contributed by atoms with van der Waals surface area (Å²) in [7, 11) is 0. The second kappa shape index (κ2) is 4.18. The molecule has 0 saturated heterocycles. The molecule has 0 unspecified atom stereocenters. The predicted molar refractivity (Wildman–Crippen MR) is 52.3 cm³/mol. The van der Waals surface area contributed by atoms with E-state index in [1.165, 1.54) is 10.5 Å². The summed E-state index contributed by atoms with van der Waals surface area (Å²) in [6.45, 7) is 2.07. The highest BCUT2D eigenvalue weighted by Gasteiger charge is 1.99. The van der Waals surface area contributed by atoms with Gasteiger partial charge in [0.05, 0.1) is 12.5 Å². The first-order chi connectivity index (χ1) is 5.77. The highest BCUT2D eigenvalue weighted by atomic mass is 32.2. The lowest BCUT2D eigenvalue weighted by Gasteiger charge is -2.03. The normalized spacial score (nSPS) is 9.42. The molecule has 1 aromatic carbocycles. The largest absolute Gasteiger partial charge is 0.198 e. The fraction of sp³-hybridized carbons (Fsp3) is 0.300. The molecule has 0 aliphatic rings. The Kier molecular flexibility index (Phi) is 3.19. The molecule has 0 aromatic heterocycles. The molecule has 0 atom stereocenters. The van der Waals surface area contributed by atoms with Crippen LogP contribution in [0.25, 0.3) is 0 Å². The van der Waals surface area contributed by atoms with E-state index in [0.29, 0.717) is 6.42 Å². The van der Waals surface area contributed by atoms with E-state index in [9.17, 15) is 0 Å². The number of rotatable bonds is 2. The van der Waals surface area contributed by atoms with Gasteiger partial charge in [-0.2, -0.15) is 5.26 Å². The van der Waals surface area contributed by atoms with E-state index in [0.717, 1.165) is 5.56 Å². The van der Waals surface area contributed by atoms with Crippen LogP contribution in [0.4, 0.5) is 0 Å². The maximum Gasteiger partial charge on any atom is 0.0670 e. The third kappa shape index (κ3) is 2.02. The van der Waals surface area contributed by atoms with Gasteiger partial charge in [0.15, 0.2) is 0 Å². The number of nitriles is 1. The minimum atomic E-state index is 0.510. The molecule has 1 nitrogen and oxygen atoms in total. The van der Waals surface area contributed by atoms with Crippen molar-refractivity contribution in [1.82, 2.24) is 0 Å². The van der Waals surface area contributed by atoms with Crippen LogP contribution in [0, 0.1) is 18.3 Å². The molecule has 0 N–H and O–H groups in total. The van der Waals surface area contributed by atoms with Crippen LogP contribution < -0.4 is 0 Å². The minimum Gasteiger partial charge on any atom is -0.198 e. The fourth-order valence-electron chi connectivity index (χ4n) is 1.08. The molecule has 0 saturated carbocycles. The van der Waals surface area contributed by atoms with Gasteiger partial charge < -0.3 is 0 Å². The predicted octanol–water partition coefficient (Wildman–Crippen LogP) is 2.78. The minimum absolute atomic E-state index is 0.510. The van der Waals surface area contributed by atoms with Crippen LogP contribution in [0.15, 0.2) is 23.1 Å². The van der Waals surface area contributed by atoms with Gasteiger partial charge in [0.2, 0.25) is 0 Å². The molecule has 12 heavy (non-hydrogen) atoms. The number of benzene rings is 1. The molecule has 1 rings (SSSR count). The number of nitrogens with zero attached hydrogens (tertiary/aromatic N) is 1. The Morgan fingerprint density at radius 3 is 2.83 bits per heavy atom. The highest BCUT2D eigenvalue weighted by molar-refractivity contribution is 7.98. The van der Waals surface area contributed by atoms with Crippen molar-refractivity contribution in [3.8, 4) is 6.07 Å². The van der Waals surface area contributed by atoms with Crippen LogP contribution in [0.2, 0.25) is 0 Å². The van der Waals surface area contributed by atoms with Gasteiger partial charge >= 0.3 is 0 Å². The zero-order valence-corrected chi connectivity index (χ0v) is 8.11. The average Bonchev–Trinajstić information content (AvgIpc) is 2.08. The number of hydrogen-bond acceptors (Lipinski definition) is 2. The average molecular weight is 177 g/mol. The maximum atomic E-state index is 8.55.